The average Bonchev–Trinajstić information content (AvgIpc) is 2.68. The lowest BCUT2D eigenvalue weighted by Crippen LogP contribution is -2.22. The maximum absolute atomic E-state index is 6.05. The third-order valence-corrected chi connectivity index (χ3v) is 3.45. The van der Waals surface area contributed by atoms with E-state index >= 15 is 0 Å². The van der Waals surface area contributed by atoms with Crippen molar-refractivity contribution >= 4 is 17.0 Å². The van der Waals surface area contributed by atoms with E-state index in [0.717, 1.165) is 37.1 Å². The molecule has 1 aromatic carbocycles. The number of ether oxygens (including phenoxy) is 1. The molecule has 0 amide bonds. The number of imidazole rings is 1. The van der Waals surface area contributed by atoms with Crippen LogP contribution in [0.3, 0.4) is 0 Å². The number of nitrogens with zero attached hydrogens (tertiary/aromatic N) is 2. The fourth-order valence-corrected chi connectivity index (χ4v) is 2.59. The molecule has 4 heteroatoms. The second-order valence-corrected chi connectivity index (χ2v) is 4.65. The molecule has 3 rings (SSSR count). The largest absolute Gasteiger partial charge is 0.379 e. The van der Waals surface area contributed by atoms with Crippen LogP contribution in [0, 0.1) is 6.92 Å². The number of hydrogen-bond donors (Lipinski definition) is 1. The van der Waals surface area contributed by atoms with Gasteiger partial charge in [0.15, 0.2) is 0 Å². The number of anilines is 1. The number of aromatic nitrogens is 2. The number of rotatable bonds is 1. The maximum atomic E-state index is 6.05. The van der Waals surface area contributed by atoms with Crippen molar-refractivity contribution in [2.45, 2.75) is 25.8 Å². The van der Waals surface area contributed by atoms with E-state index in [1.54, 1.807) is 0 Å². The maximum Gasteiger partial charge on any atom is 0.201 e. The molecule has 2 heterocycles. The lowest BCUT2D eigenvalue weighted by Gasteiger charge is -2.24. The number of benzene rings is 1. The lowest BCUT2D eigenvalue weighted by atomic mass is 10.1. The van der Waals surface area contributed by atoms with Crippen LogP contribution >= 0.6 is 0 Å². The summed E-state index contributed by atoms with van der Waals surface area (Å²) in [6.07, 6.45) is 2.21. The van der Waals surface area contributed by atoms with Crippen molar-refractivity contribution in [2.75, 3.05) is 18.9 Å². The standard InChI is InChI=1S/C13H17N3O/c1-9-4-2-6-11-12(9)15-13(14)16(11)10-5-3-7-17-8-10/h2,4,6,10H,3,5,7-8H2,1H3,(H2,14,15). The lowest BCUT2D eigenvalue weighted by molar-refractivity contribution is 0.0611. The summed E-state index contributed by atoms with van der Waals surface area (Å²) in [4.78, 5) is 4.47. The Balaban J connectivity index is 2.14. The first-order valence-corrected chi connectivity index (χ1v) is 6.08. The molecule has 1 saturated heterocycles. The highest BCUT2D eigenvalue weighted by Gasteiger charge is 2.20. The Hall–Kier alpha value is -1.55. The van der Waals surface area contributed by atoms with Gasteiger partial charge >= 0.3 is 0 Å². The van der Waals surface area contributed by atoms with Gasteiger partial charge < -0.3 is 15.0 Å². The highest BCUT2D eigenvalue weighted by Crippen LogP contribution is 2.29. The molecule has 0 spiro atoms. The Morgan fingerprint density at radius 3 is 3.12 bits per heavy atom. The van der Waals surface area contributed by atoms with E-state index in [2.05, 4.69) is 34.7 Å². The van der Waals surface area contributed by atoms with E-state index < -0.39 is 0 Å². The zero-order chi connectivity index (χ0) is 11.8. The van der Waals surface area contributed by atoms with Crippen molar-refractivity contribution in [1.29, 1.82) is 0 Å². The molecule has 2 aromatic rings. The molecule has 4 nitrogen and oxygen atoms in total. The zero-order valence-electron chi connectivity index (χ0n) is 10.0. The van der Waals surface area contributed by atoms with E-state index in [1.165, 1.54) is 5.56 Å². The highest BCUT2D eigenvalue weighted by molar-refractivity contribution is 5.81. The van der Waals surface area contributed by atoms with Crippen LogP contribution in [0.15, 0.2) is 18.2 Å². The van der Waals surface area contributed by atoms with Gasteiger partial charge in [-0.05, 0) is 31.4 Å². The van der Waals surface area contributed by atoms with Crippen molar-refractivity contribution in [2.24, 2.45) is 0 Å². The van der Waals surface area contributed by atoms with Gasteiger partial charge in [-0.25, -0.2) is 4.98 Å². The second-order valence-electron chi connectivity index (χ2n) is 4.65. The molecular formula is C13H17N3O. The summed E-state index contributed by atoms with van der Waals surface area (Å²) in [6.45, 7) is 3.67. The summed E-state index contributed by atoms with van der Waals surface area (Å²) >= 11 is 0. The van der Waals surface area contributed by atoms with Gasteiger partial charge in [0, 0.05) is 6.61 Å². The normalized spacial score (nSPS) is 20.9. The summed E-state index contributed by atoms with van der Waals surface area (Å²) in [7, 11) is 0. The topological polar surface area (TPSA) is 53.1 Å². The third-order valence-electron chi connectivity index (χ3n) is 3.45. The molecule has 1 aliphatic heterocycles. The first-order valence-electron chi connectivity index (χ1n) is 6.08. The van der Waals surface area contributed by atoms with E-state index in [-0.39, 0.29) is 0 Å². The number of hydrogen-bond acceptors (Lipinski definition) is 3. The van der Waals surface area contributed by atoms with Gasteiger partial charge in [0.1, 0.15) is 0 Å². The Morgan fingerprint density at radius 1 is 1.47 bits per heavy atom. The first-order chi connectivity index (χ1) is 8.27. The highest BCUT2D eigenvalue weighted by atomic mass is 16.5. The fourth-order valence-electron chi connectivity index (χ4n) is 2.59. The van der Waals surface area contributed by atoms with E-state index in [4.69, 9.17) is 10.5 Å². The number of aryl methyl sites for hydroxylation is 1. The van der Waals surface area contributed by atoms with Crippen molar-refractivity contribution in [1.82, 2.24) is 9.55 Å². The molecule has 1 atom stereocenters. The Kier molecular flexibility index (Phi) is 2.52. The molecule has 0 saturated carbocycles. The minimum absolute atomic E-state index is 0.329. The first kappa shape index (κ1) is 10.6. The smallest absolute Gasteiger partial charge is 0.201 e. The van der Waals surface area contributed by atoms with Crippen molar-refractivity contribution in [3.05, 3.63) is 23.8 Å². The van der Waals surface area contributed by atoms with Crippen molar-refractivity contribution in [3.63, 3.8) is 0 Å². The summed E-state index contributed by atoms with van der Waals surface area (Å²) in [6, 6.07) is 6.53. The predicted molar refractivity (Wildman–Crippen MR) is 68.0 cm³/mol. The van der Waals surface area contributed by atoms with E-state index in [0.29, 0.717) is 12.0 Å². The van der Waals surface area contributed by atoms with E-state index in [9.17, 15) is 0 Å². The molecule has 0 radical (unpaired) electrons. The van der Waals surface area contributed by atoms with Crippen LogP contribution in [0.5, 0.6) is 0 Å². The number of fused-ring (bicyclic) bond motifs is 1. The predicted octanol–water partition coefficient (Wildman–Crippen LogP) is 2.28. The SMILES string of the molecule is Cc1cccc2c1nc(N)n2C1CCCOC1. The van der Waals surface area contributed by atoms with Gasteiger partial charge in [-0.2, -0.15) is 0 Å². The summed E-state index contributed by atoms with van der Waals surface area (Å²) in [5.41, 5.74) is 9.35. The van der Waals surface area contributed by atoms with Crippen molar-refractivity contribution < 1.29 is 4.74 Å². The third kappa shape index (κ3) is 1.69. The van der Waals surface area contributed by atoms with Gasteiger partial charge in [-0.15, -0.1) is 0 Å². The monoisotopic (exact) mass is 231 g/mol. The van der Waals surface area contributed by atoms with Crippen LogP contribution < -0.4 is 5.73 Å². The molecule has 0 aliphatic carbocycles. The van der Waals surface area contributed by atoms with Crippen molar-refractivity contribution in [3.8, 4) is 0 Å². The molecular weight excluding hydrogens is 214 g/mol. The van der Waals surface area contributed by atoms with Crippen LogP contribution in [0.4, 0.5) is 5.95 Å². The fraction of sp³-hybridized carbons (Fsp3) is 0.462. The molecule has 1 aliphatic rings. The summed E-state index contributed by atoms with van der Waals surface area (Å²) < 4.78 is 7.66. The Bertz CT molecular complexity index is 541. The Labute approximate surface area is 100 Å². The Morgan fingerprint density at radius 2 is 2.35 bits per heavy atom. The molecule has 0 bridgehead atoms. The molecule has 90 valence electrons. The molecule has 1 unspecified atom stereocenters. The van der Waals surface area contributed by atoms with Gasteiger partial charge in [-0.1, -0.05) is 12.1 Å². The molecule has 17 heavy (non-hydrogen) atoms. The van der Waals surface area contributed by atoms with E-state index in [1.807, 2.05) is 0 Å². The number of para-hydroxylation sites is 1. The molecule has 2 N–H and O–H groups in total. The summed E-state index contributed by atoms with van der Waals surface area (Å²) in [5, 5.41) is 0. The van der Waals surface area contributed by atoms with Crippen LogP contribution in [0.1, 0.15) is 24.4 Å². The summed E-state index contributed by atoms with van der Waals surface area (Å²) in [5.74, 6) is 0.602. The van der Waals surface area contributed by atoms with Crippen LogP contribution in [-0.4, -0.2) is 22.8 Å². The van der Waals surface area contributed by atoms with Gasteiger partial charge in [0.2, 0.25) is 5.95 Å². The average molecular weight is 231 g/mol. The van der Waals surface area contributed by atoms with Gasteiger partial charge in [0.25, 0.3) is 0 Å². The van der Waals surface area contributed by atoms with Crippen LogP contribution in [-0.2, 0) is 4.74 Å². The van der Waals surface area contributed by atoms with Gasteiger partial charge in [-0.3, -0.25) is 0 Å². The molecule has 1 fully saturated rings. The molecule has 1 aromatic heterocycles. The zero-order valence-corrected chi connectivity index (χ0v) is 10.0. The van der Waals surface area contributed by atoms with Crippen LogP contribution in [0.25, 0.3) is 11.0 Å². The number of nitrogen functional groups attached to an aromatic ring is 1. The number of nitrogens with two attached hydrogens (primary N) is 1. The second kappa shape index (κ2) is 4.04. The van der Waals surface area contributed by atoms with Gasteiger partial charge in [0.05, 0.1) is 23.7 Å². The minimum atomic E-state index is 0.329. The quantitative estimate of drug-likeness (QED) is 0.819. The minimum Gasteiger partial charge on any atom is -0.379 e. The van der Waals surface area contributed by atoms with Crippen LogP contribution in [0.2, 0.25) is 0 Å².